The maximum Gasteiger partial charge on any atom is 0.230 e. The van der Waals surface area contributed by atoms with Gasteiger partial charge in [-0.05, 0) is 11.6 Å². The molecule has 0 bridgehead atoms. The first-order valence-electron chi connectivity index (χ1n) is 8.04. The third-order valence-electron chi connectivity index (χ3n) is 4.18. The van der Waals surface area contributed by atoms with Crippen molar-refractivity contribution in [2.24, 2.45) is 7.05 Å². The number of aromatic nitrogens is 6. The van der Waals surface area contributed by atoms with Crippen LogP contribution in [0.3, 0.4) is 0 Å². The molecule has 128 valence electrons. The van der Waals surface area contributed by atoms with Gasteiger partial charge in [0.15, 0.2) is 5.82 Å². The van der Waals surface area contributed by atoms with Gasteiger partial charge in [-0.15, -0.1) is 10.2 Å². The van der Waals surface area contributed by atoms with Crippen LogP contribution in [-0.4, -0.2) is 36.2 Å². The Balaban J connectivity index is 1.54. The van der Waals surface area contributed by atoms with E-state index in [4.69, 9.17) is 0 Å². The lowest BCUT2D eigenvalue weighted by Crippen LogP contribution is -2.05. The molecule has 0 aliphatic rings. The van der Waals surface area contributed by atoms with Crippen LogP contribution in [0.5, 0.6) is 0 Å². The van der Waals surface area contributed by atoms with Gasteiger partial charge >= 0.3 is 0 Å². The number of aromatic amines is 1. The minimum absolute atomic E-state index is 0.242. The highest BCUT2D eigenvalue weighted by Crippen LogP contribution is 2.21. The molecule has 0 unspecified atom stereocenters. The lowest BCUT2D eigenvalue weighted by molar-refractivity contribution is 0.427. The summed E-state index contributed by atoms with van der Waals surface area (Å²) >= 11 is 0. The molecule has 8 heteroatoms. The van der Waals surface area contributed by atoms with Gasteiger partial charge < -0.3 is 10.3 Å². The fourth-order valence-electron chi connectivity index (χ4n) is 2.83. The van der Waals surface area contributed by atoms with Crippen molar-refractivity contribution in [2.75, 3.05) is 12.0 Å². The highest BCUT2D eigenvalue weighted by atomic mass is 19.1. The molecule has 4 aromatic rings. The fraction of sp³-hybridized carbons (Fsp3) is 0.235. The van der Waals surface area contributed by atoms with Crippen molar-refractivity contribution < 1.29 is 4.39 Å². The van der Waals surface area contributed by atoms with E-state index < -0.39 is 6.67 Å². The van der Waals surface area contributed by atoms with Crippen LogP contribution in [0.1, 0.15) is 11.4 Å². The number of alkyl halides is 1. The van der Waals surface area contributed by atoms with Crippen LogP contribution in [-0.2, 0) is 20.0 Å². The van der Waals surface area contributed by atoms with Crippen LogP contribution >= 0.6 is 0 Å². The van der Waals surface area contributed by atoms with Gasteiger partial charge in [0.05, 0.1) is 6.54 Å². The van der Waals surface area contributed by atoms with Crippen molar-refractivity contribution in [3.05, 3.63) is 54.1 Å². The van der Waals surface area contributed by atoms with Crippen molar-refractivity contribution in [3.63, 3.8) is 0 Å². The number of benzene rings is 1. The van der Waals surface area contributed by atoms with Crippen LogP contribution in [0, 0.1) is 0 Å². The van der Waals surface area contributed by atoms with E-state index in [1.54, 1.807) is 16.9 Å². The molecule has 0 fully saturated rings. The van der Waals surface area contributed by atoms with Gasteiger partial charge in [0.25, 0.3) is 0 Å². The van der Waals surface area contributed by atoms with Crippen LogP contribution < -0.4 is 5.32 Å². The Morgan fingerprint density at radius 3 is 2.96 bits per heavy atom. The summed E-state index contributed by atoms with van der Waals surface area (Å²) in [7, 11) is 1.91. The molecule has 0 saturated carbocycles. The molecule has 3 heterocycles. The first-order chi connectivity index (χ1) is 12.2. The maximum absolute atomic E-state index is 12.4. The molecule has 4 rings (SSSR count). The van der Waals surface area contributed by atoms with E-state index in [1.165, 1.54) is 10.9 Å². The molecule has 0 saturated heterocycles. The second-order valence-corrected chi connectivity index (χ2v) is 5.81. The van der Waals surface area contributed by atoms with Gasteiger partial charge in [-0.25, -0.2) is 4.39 Å². The summed E-state index contributed by atoms with van der Waals surface area (Å²) in [4.78, 5) is 3.27. The Hall–Kier alpha value is -3.16. The molecule has 2 N–H and O–H groups in total. The van der Waals surface area contributed by atoms with Crippen LogP contribution in [0.2, 0.25) is 0 Å². The molecule has 0 atom stereocenters. The SMILES string of the molecule is Cn1c(Cc2c[nH]c3ccccc23)nnc1Nc1ccn(CCF)n1. The number of H-pyrrole nitrogens is 1. The van der Waals surface area contributed by atoms with Crippen molar-refractivity contribution in [1.82, 2.24) is 29.5 Å². The summed E-state index contributed by atoms with van der Waals surface area (Å²) in [5.74, 6) is 2.05. The summed E-state index contributed by atoms with van der Waals surface area (Å²) in [6.45, 7) is -0.202. The van der Waals surface area contributed by atoms with Crippen LogP contribution in [0.4, 0.5) is 16.2 Å². The molecule has 1 aromatic carbocycles. The lowest BCUT2D eigenvalue weighted by atomic mass is 10.1. The van der Waals surface area contributed by atoms with Crippen molar-refractivity contribution >= 4 is 22.7 Å². The van der Waals surface area contributed by atoms with Gasteiger partial charge in [0.2, 0.25) is 5.95 Å². The summed E-state index contributed by atoms with van der Waals surface area (Å²) in [5.41, 5.74) is 2.28. The number of para-hydroxylation sites is 1. The lowest BCUT2D eigenvalue weighted by Gasteiger charge is -2.04. The van der Waals surface area contributed by atoms with Gasteiger partial charge in [-0.1, -0.05) is 18.2 Å². The normalized spacial score (nSPS) is 11.3. The zero-order valence-corrected chi connectivity index (χ0v) is 13.8. The average molecular weight is 339 g/mol. The summed E-state index contributed by atoms with van der Waals surface area (Å²) in [5, 5.41) is 17.0. The second kappa shape index (κ2) is 6.39. The first-order valence-corrected chi connectivity index (χ1v) is 8.04. The molecule has 3 aromatic heterocycles. The minimum atomic E-state index is -0.445. The molecule has 7 nitrogen and oxygen atoms in total. The Morgan fingerprint density at radius 2 is 2.08 bits per heavy atom. The third-order valence-corrected chi connectivity index (χ3v) is 4.18. The van der Waals surface area contributed by atoms with E-state index in [1.807, 2.05) is 29.9 Å². The molecule has 0 aliphatic carbocycles. The number of aryl methyl sites for hydroxylation is 1. The molecule has 0 radical (unpaired) electrons. The predicted molar refractivity (Wildman–Crippen MR) is 93.6 cm³/mol. The Labute approximate surface area is 143 Å². The smallest absolute Gasteiger partial charge is 0.230 e. The number of nitrogens with zero attached hydrogens (tertiary/aromatic N) is 5. The third kappa shape index (κ3) is 2.98. The monoisotopic (exact) mass is 339 g/mol. The van der Waals surface area contributed by atoms with Gasteiger partial charge in [-0.3, -0.25) is 9.25 Å². The molecular weight excluding hydrogens is 321 g/mol. The number of hydrogen-bond acceptors (Lipinski definition) is 4. The Bertz CT molecular complexity index is 997. The molecule has 0 amide bonds. The van der Waals surface area contributed by atoms with Gasteiger partial charge in [-0.2, -0.15) is 5.10 Å². The molecular formula is C17H18FN7. The number of nitrogens with one attached hydrogen (secondary N) is 2. The highest BCUT2D eigenvalue weighted by molar-refractivity contribution is 5.83. The molecule has 0 aliphatic heterocycles. The van der Waals surface area contributed by atoms with E-state index in [9.17, 15) is 4.39 Å². The van der Waals surface area contributed by atoms with E-state index in [0.29, 0.717) is 18.2 Å². The molecule has 25 heavy (non-hydrogen) atoms. The largest absolute Gasteiger partial charge is 0.361 e. The van der Waals surface area contributed by atoms with Crippen LogP contribution in [0.15, 0.2) is 42.7 Å². The van der Waals surface area contributed by atoms with E-state index in [2.05, 4.69) is 37.7 Å². The number of fused-ring (bicyclic) bond motifs is 1. The maximum atomic E-state index is 12.4. The zero-order chi connectivity index (χ0) is 17.2. The zero-order valence-electron chi connectivity index (χ0n) is 13.8. The summed E-state index contributed by atoms with van der Waals surface area (Å²) in [6, 6.07) is 9.96. The minimum Gasteiger partial charge on any atom is -0.361 e. The second-order valence-electron chi connectivity index (χ2n) is 5.81. The number of rotatable bonds is 6. The van der Waals surface area contributed by atoms with E-state index in [-0.39, 0.29) is 6.54 Å². The fourth-order valence-corrected chi connectivity index (χ4v) is 2.83. The van der Waals surface area contributed by atoms with Crippen molar-refractivity contribution in [2.45, 2.75) is 13.0 Å². The summed E-state index contributed by atoms with van der Waals surface area (Å²) in [6.07, 6.45) is 4.40. The number of halogens is 1. The van der Waals surface area contributed by atoms with E-state index >= 15 is 0 Å². The predicted octanol–water partition coefficient (Wildman–Crippen LogP) is 2.80. The Morgan fingerprint density at radius 1 is 1.20 bits per heavy atom. The summed E-state index contributed by atoms with van der Waals surface area (Å²) < 4.78 is 15.8. The average Bonchev–Trinajstić information content (AvgIpc) is 3.32. The van der Waals surface area contributed by atoms with Crippen molar-refractivity contribution in [1.29, 1.82) is 0 Å². The van der Waals surface area contributed by atoms with Crippen molar-refractivity contribution in [3.8, 4) is 0 Å². The van der Waals surface area contributed by atoms with Gasteiger partial charge in [0, 0.05) is 42.8 Å². The molecule has 0 spiro atoms. The van der Waals surface area contributed by atoms with Gasteiger partial charge in [0.1, 0.15) is 12.5 Å². The highest BCUT2D eigenvalue weighted by Gasteiger charge is 2.12. The first kappa shape index (κ1) is 15.4. The Kier molecular flexibility index (Phi) is 3.93. The number of anilines is 2. The van der Waals surface area contributed by atoms with E-state index in [0.717, 1.165) is 11.3 Å². The van der Waals surface area contributed by atoms with Crippen LogP contribution in [0.25, 0.3) is 10.9 Å². The quantitative estimate of drug-likeness (QED) is 0.566. The standard InChI is InChI=1S/C17H18FN7/c1-24-16(10-12-11-19-14-5-3-2-4-13(12)14)21-22-17(24)20-15-6-8-25(23-15)9-7-18/h2-6,8,11,19H,7,9-10H2,1H3,(H,20,22,23). The topological polar surface area (TPSA) is 76.3 Å². The number of hydrogen-bond donors (Lipinski definition) is 2.